The fraction of sp³-hybridized carbons (Fsp3) is 0.538. The Morgan fingerprint density at radius 1 is 0.844 bits per heavy atom. The molecule has 45 heavy (non-hydrogen) atoms. The van der Waals surface area contributed by atoms with E-state index in [0.29, 0.717) is 58.0 Å². The zero-order valence-corrected chi connectivity index (χ0v) is 25.5. The number of amides is 4. The third-order valence-electron chi connectivity index (χ3n) is 4.78. The molecule has 0 aliphatic heterocycles. The van der Waals surface area contributed by atoms with Gasteiger partial charge < -0.3 is 69.9 Å². The number of hydrogen-bond acceptors (Lipinski definition) is 13. The second-order valence-corrected chi connectivity index (χ2v) is 9.05. The van der Waals surface area contributed by atoms with Crippen molar-refractivity contribution in [2.24, 2.45) is 40.3 Å². The van der Waals surface area contributed by atoms with Gasteiger partial charge in [0.1, 0.15) is 12.1 Å². The summed E-state index contributed by atoms with van der Waals surface area (Å²) in [6.45, 7) is 6.32. The lowest BCUT2D eigenvalue weighted by atomic mass is 10.1. The van der Waals surface area contributed by atoms with Crippen molar-refractivity contribution in [1.82, 2.24) is 5.32 Å². The van der Waals surface area contributed by atoms with Gasteiger partial charge in [0.15, 0.2) is 0 Å². The van der Waals surface area contributed by atoms with E-state index in [1.165, 1.54) is 24.3 Å². The molecule has 1 rings (SSSR count). The third kappa shape index (κ3) is 32.2. The number of rotatable bonds is 16. The summed E-state index contributed by atoms with van der Waals surface area (Å²) in [5, 5.41) is 18.9. The molecule has 0 aliphatic carbocycles. The van der Waals surface area contributed by atoms with E-state index in [1.807, 2.05) is 0 Å². The minimum atomic E-state index is -1.12. The monoisotopic (exact) mass is 648 g/mol. The quantitative estimate of drug-likeness (QED) is 0.0411. The van der Waals surface area contributed by atoms with Crippen LogP contribution in [0.2, 0.25) is 0 Å². The summed E-state index contributed by atoms with van der Waals surface area (Å²) < 4.78 is 14.2. The second kappa shape index (κ2) is 28.2. The number of benzene rings is 1. The van der Waals surface area contributed by atoms with E-state index in [4.69, 9.17) is 54.1 Å². The summed E-state index contributed by atoms with van der Waals surface area (Å²) >= 11 is 0. The van der Waals surface area contributed by atoms with Crippen LogP contribution in [-0.2, 0) is 28.6 Å². The summed E-state index contributed by atoms with van der Waals surface area (Å²) in [5.41, 5.74) is 36.0. The molecule has 0 bridgehead atoms. The topological polar surface area (TPSA) is 365 Å². The van der Waals surface area contributed by atoms with Gasteiger partial charge >= 0.3 is 30.0 Å². The number of urea groups is 1. The maximum atomic E-state index is 11.0. The summed E-state index contributed by atoms with van der Waals surface area (Å²) in [4.78, 5) is 61.8. The van der Waals surface area contributed by atoms with Gasteiger partial charge in [-0.2, -0.15) is 0 Å². The van der Waals surface area contributed by atoms with E-state index in [1.54, 1.807) is 13.8 Å². The largest absolute Gasteiger partial charge is 0.480 e. The molecule has 2 atom stereocenters. The van der Waals surface area contributed by atoms with Crippen molar-refractivity contribution in [2.75, 3.05) is 45.3 Å². The lowest BCUT2D eigenvalue weighted by molar-refractivity contribution is -0.140. The van der Waals surface area contributed by atoms with Crippen LogP contribution < -0.4 is 45.5 Å². The van der Waals surface area contributed by atoms with Crippen LogP contribution in [0.3, 0.4) is 0 Å². The molecule has 0 fully saturated rings. The predicted octanol–water partition coefficient (Wildman–Crippen LogP) is -1.74. The van der Waals surface area contributed by atoms with Crippen LogP contribution in [0, 0.1) is 5.92 Å². The first-order valence-corrected chi connectivity index (χ1v) is 13.5. The molecule has 17 N–H and O–H groups in total. The van der Waals surface area contributed by atoms with Gasteiger partial charge in [-0.05, 0) is 43.0 Å². The first kappa shape index (κ1) is 44.9. The number of esters is 1. The average molecular weight is 649 g/mol. The lowest BCUT2D eigenvalue weighted by Crippen LogP contribution is -2.34. The molecular formula is C26H48N8O11. The lowest BCUT2D eigenvalue weighted by Gasteiger charge is -2.07. The van der Waals surface area contributed by atoms with Crippen LogP contribution in [0.15, 0.2) is 24.3 Å². The van der Waals surface area contributed by atoms with Gasteiger partial charge in [-0.15, -0.1) is 0 Å². The zero-order chi connectivity index (χ0) is 35.4. The highest BCUT2D eigenvalue weighted by Gasteiger charge is 2.14. The summed E-state index contributed by atoms with van der Waals surface area (Å²) in [5.74, 6) is -3.08. The van der Waals surface area contributed by atoms with Gasteiger partial charge in [0.25, 0.3) is 0 Å². The van der Waals surface area contributed by atoms with Crippen LogP contribution in [0.25, 0.3) is 0 Å². The van der Waals surface area contributed by atoms with Crippen LogP contribution in [0.4, 0.5) is 15.3 Å². The molecule has 19 heteroatoms. The molecule has 19 nitrogen and oxygen atoms in total. The number of aliphatic carboxylic acids is 2. The Bertz CT molecular complexity index is 1010. The van der Waals surface area contributed by atoms with Crippen LogP contribution in [0.5, 0.6) is 0 Å². The Morgan fingerprint density at radius 3 is 1.76 bits per heavy atom. The van der Waals surface area contributed by atoms with Gasteiger partial charge in [0, 0.05) is 25.2 Å². The van der Waals surface area contributed by atoms with Gasteiger partial charge in [0.2, 0.25) is 5.91 Å². The molecule has 1 aromatic carbocycles. The Labute approximate surface area is 261 Å². The second-order valence-electron chi connectivity index (χ2n) is 9.05. The number of carbonyl (C=O) groups excluding carboxylic acids is 4. The molecule has 0 radical (unpaired) electrons. The number of anilines is 1. The Morgan fingerprint density at radius 2 is 1.38 bits per heavy atom. The Balaban J connectivity index is -0.000000530. The number of nitrogens with one attached hydrogen (secondary N) is 1. The van der Waals surface area contributed by atoms with Crippen molar-refractivity contribution in [3.8, 4) is 0 Å². The number of primary amides is 3. The molecule has 0 spiro atoms. The van der Waals surface area contributed by atoms with Crippen molar-refractivity contribution >= 4 is 41.6 Å². The normalized spacial score (nSPS) is 11.1. The van der Waals surface area contributed by atoms with E-state index >= 15 is 0 Å². The summed E-state index contributed by atoms with van der Waals surface area (Å²) in [6.07, 6.45) is -0.0232. The van der Waals surface area contributed by atoms with E-state index < -0.39 is 42.1 Å². The Kier molecular flexibility index (Phi) is 28.1. The molecular weight excluding hydrogens is 600 g/mol. The maximum Gasteiger partial charge on any atom is 0.412 e. The third-order valence-corrected chi connectivity index (χ3v) is 4.78. The molecule has 0 aliphatic rings. The van der Waals surface area contributed by atoms with Gasteiger partial charge in [-0.1, -0.05) is 13.8 Å². The van der Waals surface area contributed by atoms with Crippen LogP contribution in [0.1, 0.15) is 43.5 Å². The van der Waals surface area contributed by atoms with Crippen molar-refractivity contribution in [2.45, 2.75) is 45.2 Å². The summed E-state index contributed by atoms with van der Waals surface area (Å²) in [6, 6.07) is 3.75. The highest BCUT2D eigenvalue weighted by molar-refractivity contribution is 5.96. The predicted molar refractivity (Wildman–Crippen MR) is 163 cm³/mol. The molecule has 4 amide bonds. The number of carboxylic acids is 2. The van der Waals surface area contributed by atoms with Gasteiger partial charge in [-0.25, -0.2) is 14.4 Å². The van der Waals surface area contributed by atoms with Crippen molar-refractivity contribution in [3.63, 3.8) is 0 Å². The number of nitrogen functional groups attached to an aromatic ring is 1. The molecule has 0 saturated heterocycles. The van der Waals surface area contributed by atoms with E-state index in [-0.39, 0.29) is 23.8 Å². The highest BCUT2D eigenvalue weighted by Crippen LogP contribution is 2.06. The van der Waals surface area contributed by atoms with Gasteiger partial charge in [0.05, 0.1) is 32.0 Å². The van der Waals surface area contributed by atoms with Crippen LogP contribution >= 0.6 is 0 Å². The fourth-order valence-corrected chi connectivity index (χ4v) is 2.29. The molecule has 2 unspecified atom stereocenters. The minimum absolute atomic E-state index is 0.0208. The van der Waals surface area contributed by atoms with E-state index in [9.17, 15) is 28.8 Å². The number of carbonyl (C=O) groups is 6. The summed E-state index contributed by atoms with van der Waals surface area (Å²) in [7, 11) is 0. The number of carboxylic acid groups (broad SMARTS) is 2. The van der Waals surface area contributed by atoms with Crippen molar-refractivity contribution in [1.29, 1.82) is 0 Å². The van der Waals surface area contributed by atoms with Gasteiger partial charge in [-0.3, -0.25) is 14.4 Å². The van der Waals surface area contributed by atoms with E-state index in [0.717, 1.165) is 0 Å². The molecule has 0 saturated carbocycles. The SMILES string of the molecule is CC(C)C(N)C(=O)O.NC(=O)NCCCC(N)C(=O)O.NC(=O)OC(=O)c1ccc(N)cc1.NCCOCCOCCC(N)=O. The van der Waals surface area contributed by atoms with Crippen LogP contribution in [-0.4, -0.2) is 97.8 Å². The van der Waals surface area contributed by atoms with Crippen molar-refractivity contribution in [3.05, 3.63) is 29.8 Å². The highest BCUT2D eigenvalue weighted by atomic mass is 16.6. The van der Waals surface area contributed by atoms with Crippen molar-refractivity contribution < 1.29 is 53.2 Å². The number of nitrogens with two attached hydrogens (primary N) is 7. The molecule has 0 heterocycles. The maximum absolute atomic E-state index is 11.0. The smallest absolute Gasteiger partial charge is 0.412 e. The molecule has 0 aromatic heterocycles. The first-order chi connectivity index (χ1) is 21.0. The number of ether oxygens (including phenoxy) is 3. The first-order valence-electron chi connectivity index (χ1n) is 13.5. The van der Waals surface area contributed by atoms with E-state index in [2.05, 4.69) is 15.8 Å². The molecule has 1 aromatic rings. The Hall–Kier alpha value is -4.56. The molecule has 258 valence electrons. The standard InChI is InChI=1S/C8H8N2O3.C7H16N2O3.C6H13N3O3.C5H11NO2/c9-6-3-1-5(2-4-6)7(11)13-8(10)12;8-2-4-12-6-5-11-3-1-7(9)10;7-4(5(10)11)2-1-3-9-6(8)12;1-3(2)4(6)5(7)8/h1-4H,9H2,(H2,10,12);1-6,8H2,(H2,9,10);4H,1-3,7H2,(H,10,11)(H3,8,9,12);3-4H,6H2,1-2H3,(H,7,8). The zero-order valence-electron chi connectivity index (χ0n) is 25.5. The number of hydrogen-bond donors (Lipinski definition) is 10. The fourth-order valence-electron chi connectivity index (χ4n) is 2.29. The average Bonchev–Trinajstić information content (AvgIpc) is 2.95. The minimum Gasteiger partial charge on any atom is -0.480 e.